The Morgan fingerprint density at radius 3 is 2.76 bits per heavy atom. The molecular weight excluding hydrogens is 239 g/mol. The first-order valence-corrected chi connectivity index (χ1v) is 5.15. The third kappa shape index (κ3) is 5.14. The van der Waals surface area contributed by atoms with E-state index in [1.165, 1.54) is 0 Å². The highest BCUT2D eigenvalue weighted by Crippen LogP contribution is 2.14. The van der Waals surface area contributed by atoms with Crippen molar-refractivity contribution >= 4 is 0 Å². The second-order valence-electron chi connectivity index (χ2n) is 3.48. The lowest BCUT2D eigenvalue weighted by molar-refractivity contribution is -0.173. The van der Waals surface area contributed by atoms with Gasteiger partial charge in [0.15, 0.2) is 5.82 Å². The van der Waals surface area contributed by atoms with Gasteiger partial charge in [-0.05, 0) is 6.42 Å². The number of nitrogens with two attached hydrogens (primary N) is 1. The van der Waals surface area contributed by atoms with Gasteiger partial charge in [0.2, 0.25) is 5.89 Å². The van der Waals surface area contributed by atoms with E-state index >= 15 is 0 Å². The summed E-state index contributed by atoms with van der Waals surface area (Å²) in [5.41, 5.74) is 5.65. The number of nitrogens with zero attached hydrogens (tertiary/aromatic N) is 2. The van der Waals surface area contributed by atoms with E-state index < -0.39 is 12.8 Å². The zero-order chi connectivity index (χ0) is 12.9. The zero-order valence-electron chi connectivity index (χ0n) is 9.33. The first kappa shape index (κ1) is 13.9. The van der Waals surface area contributed by atoms with Crippen molar-refractivity contribution in [1.82, 2.24) is 10.1 Å². The van der Waals surface area contributed by atoms with E-state index in [2.05, 4.69) is 14.9 Å². The van der Waals surface area contributed by atoms with Crippen LogP contribution in [0.3, 0.4) is 0 Å². The summed E-state index contributed by atoms with van der Waals surface area (Å²) in [7, 11) is 0. The third-order valence-electron chi connectivity index (χ3n) is 1.98. The first-order chi connectivity index (χ1) is 7.92. The molecule has 0 spiro atoms. The average Bonchev–Trinajstić information content (AvgIpc) is 2.70. The normalized spacial score (nSPS) is 13.9. The van der Waals surface area contributed by atoms with E-state index in [1.54, 1.807) is 0 Å². The summed E-state index contributed by atoms with van der Waals surface area (Å²) in [6.07, 6.45) is -3.52. The lowest BCUT2D eigenvalue weighted by atomic mass is 10.2. The maximum Gasteiger partial charge on any atom is 0.411 e. The van der Waals surface area contributed by atoms with E-state index in [0.29, 0.717) is 12.2 Å². The Bertz CT molecular complexity index is 340. The van der Waals surface area contributed by atoms with Gasteiger partial charge in [-0.25, -0.2) is 0 Å². The van der Waals surface area contributed by atoms with Crippen molar-refractivity contribution in [1.29, 1.82) is 0 Å². The van der Waals surface area contributed by atoms with E-state index in [4.69, 9.17) is 10.3 Å². The second kappa shape index (κ2) is 5.97. The minimum atomic E-state index is -4.31. The molecule has 1 heterocycles. The number of hydrogen-bond acceptors (Lipinski definition) is 5. The van der Waals surface area contributed by atoms with Crippen molar-refractivity contribution in [2.24, 2.45) is 5.73 Å². The molecule has 17 heavy (non-hydrogen) atoms. The van der Waals surface area contributed by atoms with Crippen LogP contribution in [0.25, 0.3) is 0 Å². The lowest BCUT2D eigenvalue weighted by Gasteiger charge is -2.05. The highest BCUT2D eigenvalue weighted by Gasteiger charge is 2.27. The molecule has 0 fully saturated rings. The molecule has 0 radical (unpaired) electrons. The molecule has 1 atom stereocenters. The highest BCUT2D eigenvalue weighted by atomic mass is 19.4. The number of rotatable bonds is 6. The Morgan fingerprint density at radius 2 is 2.18 bits per heavy atom. The molecule has 8 heteroatoms. The van der Waals surface area contributed by atoms with Crippen molar-refractivity contribution < 1.29 is 22.4 Å². The van der Waals surface area contributed by atoms with Crippen LogP contribution in [0.4, 0.5) is 13.2 Å². The zero-order valence-corrected chi connectivity index (χ0v) is 9.33. The van der Waals surface area contributed by atoms with Gasteiger partial charge in [-0.2, -0.15) is 18.2 Å². The molecule has 0 aliphatic rings. The fraction of sp³-hybridized carbons (Fsp3) is 0.778. The largest absolute Gasteiger partial charge is 0.411 e. The SMILES string of the molecule is CCC(N)c1noc(CCOCC(F)(F)F)n1. The molecule has 2 N–H and O–H groups in total. The maximum absolute atomic E-state index is 11.7. The smallest absolute Gasteiger partial charge is 0.372 e. The fourth-order valence-corrected chi connectivity index (χ4v) is 1.05. The third-order valence-corrected chi connectivity index (χ3v) is 1.98. The molecule has 0 saturated heterocycles. The van der Waals surface area contributed by atoms with Gasteiger partial charge >= 0.3 is 6.18 Å². The molecule has 1 aromatic rings. The molecule has 0 aromatic carbocycles. The summed E-state index contributed by atoms with van der Waals surface area (Å²) < 4.78 is 44.5. The van der Waals surface area contributed by atoms with E-state index in [-0.39, 0.29) is 25.0 Å². The maximum atomic E-state index is 11.7. The van der Waals surface area contributed by atoms with Crippen LogP contribution in [0.2, 0.25) is 0 Å². The molecule has 0 aliphatic carbocycles. The molecule has 0 bridgehead atoms. The number of aromatic nitrogens is 2. The van der Waals surface area contributed by atoms with Gasteiger partial charge in [-0.15, -0.1) is 0 Å². The Kier molecular flexibility index (Phi) is 4.88. The van der Waals surface area contributed by atoms with Crippen LogP contribution >= 0.6 is 0 Å². The van der Waals surface area contributed by atoms with E-state index in [9.17, 15) is 13.2 Å². The molecule has 98 valence electrons. The van der Waals surface area contributed by atoms with Crippen LogP contribution in [0.15, 0.2) is 4.52 Å². The topological polar surface area (TPSA) is 74.2 Å². The van der Waals surface area contributed by atoms with Gasteiger partial charge in [-0.3, -0.25) is 0 Å². The minimum Gasteiger partial charge on any atom is -0.372 e. The average molecular weight is 253 g/mol. The van der Waals surface area contributed by atoms with E-state index in [0.717, 1.165) is 0 Å². The van der Waals surface area contributed by atoms with Crippen molar-refractivity contribution in [2.45, 2.75) is 32.0 Å². The van der Waals surface area contributed by atoms with Gasteiger partial charge in [0.1, 0.15) is 6.61 Å². The number of ether oxygens (including phenoxy) is 1. The highest BCUT2D eigenvalue weighted by molar-refractivity contribution is 4.92. The van der Waals surface area contributed by atoms with Crippen LogP contribution in [-0.2, 0) is 11.2 Å². The molecular formula is C9H14F3N3O2. The predicted octanol–water partition coefficient (Wildman–Crippen LogP) is 1.60. The fourth-order valence-electron chi connectivity index (χ4n) is 1.05. The molecule has 0 amide bonds. The molecule has 1 unspecified atom stereocenters. The molecule has 5 nitrogen and oxygen atoms in total. The molecule has 0 aliphatic heterocycles. The Hall–Kier alpha value is -1.15. The van der Waals surface area contributed by atoms with Gasteiger partial charge in [0.25, 0.3) is 0 Å². The minimum absolute atomic E-state index is 0.123. The van der Waals surface area contributed by atoms with E-state index in [1.807, 2.05) is 6.92 Å². The van der Waals surface area contributed by atoms with Crippen LogP contribution in [0.1, 0.15) is 31.1 Å². The van der Waals surface area contributed by atoms with Crippen molar-refractivity contribution in [3.05, 3.63) is 11.7 Å². The summed E-state index contributed by atoms with van der Waals surface area (Å²) in [6.45, 7) is 0.470. The monoisotopic (exact) mass is 253 g/mol. The summed E-state index contributed by atoms with van der Waals surface area (Å²) in [5, 5.41) is 3.63. The van der Waals surface area contributed by atoms with Gasteiger partial charge in [-0.1, -0.05) is 12.1 Å². The van der Waals surface area contributed by atoms with Crippen molar-refractivity contribution in [3.8, 4) is 0 Å². The molecule has 1 rings (SSSR count). The summed E-state index contributed by atoms with van der Waals surface area (Å²) in [4.78, 5) is 3.95. The molecule has 0 saturated carbocycles. The standard InChI is InChI=1S/C9H14F3N3O2/c1-2-6(13)8-14-7(17-15-8)3-4-16-5-9(10,11)12/h6H,2-5,13H2,1H3. The van der Waals surface area contributed by atoms with Crippen LogP contribution in [0, 0.1) is 0 Å². The Labute approximate surface area is 96.1 Å². The van der Waals surface area contributed by atoms with Gasteiger partial charge < -0.3 is 15.0 Å². The second-order valence-corrected chi connectivity index (χ2v) is 3.48. The summed E-state index contributed by atoms with van der Waals surface area (Å²) in [5.74, 6) is 0.587. The Balaban J connectivity index is 2.30. The number of halogens is 3. The van der Waals surface area contributed by atoms with Crippen LogP contribution in [-0.4, -0.2) is 29.5 Å². The van der Waals surface area contributed by atoms with Crippen molar-refractivity contribution in [3.63, 3.8) is 0 Å². The molecule has 1 aromatic heterocycles. The van der Waals surface area contributed by atoms with Gasteiger partial charge in [0, 0.05) is 0 Å². The summed E-state index contributed by atoms with van der Waals surface area (Å²) in [6, 6.07) is -0.316. The van der Waals surface area contributed by atoms with Crippen LogP contribution < -0.4 is 5.73 Å². The first-order valence-electron chi connectivity index (χ1n) is 5.15. The van der Waals surface area contributed by atoms with Gasteiger partial charge in [0.05, 0.1) is 19.1 Å². The summed E-state index contributed by atoms with van der Waals surface area (Å²) >= 11 is 0. The number of alkyl halides is 3. The quantitative estimate of drug-likeness (QED) is 0.779. The predicted molar refractivity (Wildman–Crippen MR) is 52.1 cm³/mol. The van der Waals surface area contributed by atoms with Crippen molar-refractivity contribution in [2.75, 3.05) is 13.2 Å². The Morgan fingerprint density at radius 1 is 1.47 bits per heavy atom. The van der Waals surface area contributed by atoms with Crippen LogP contribution in [0.5, 0.6) is 0 Å². The number of hydrogen-bond donors (Lipinski definition) is 1. The lowest BCUT2D eigenvalue weighted by Crippen LogP contribution is -2.18.